The molecule has 29 heavy (non-hydrogen) atoms. The Hall–Kier alpha value is -3.00. The first-order chi connectivity index (χ1) is 13.8. The lowest BCUT2D eigenvalue weighted by molar-refractivity contribution is 0.0781. The largest absolute Gasteiger partial charge is 0.334 e. The van der Waals surface area contributed by atoms with Gasteiger partial charge in [-0.3, -0.25) is 9.10 Å². The fourth-order valence-electron chi connectivity index (χ4n) is 3.57. The summed E-state index contributed by atoms with van der Waals surface area (Å²) in [7, 11) is -1.53. The molecule has 2 heterocycles. The molecule has 4 rings (SSSR count). The molecule has 0 spiro atoms. The van der Waals surface area contributed by atoms with Crippen LogP contribution in [0.15, 0.2) is 48.5 Å². The number of aromatic nitrogens is 2. The lowest BCUT2D eigenvalue weighted by Gasteiger charge is -2.19. The molecular formula is C21H22N4O3S. The van der Waals surface area contributed by atoms with E-state index in [4.69, 9.17) is 0 Å². The molecule has 1 aliphatic heterocycles. The molecule has 1 amide bonds. The number of carbonyl (C=O) groups excluding carboxylic acids is 1. The monoisotopic (exact) mass is 410 g/mol. The molecule has 0 bridgehead atoms. The second-order valence-corrected chi connectivity index (χ2v) is 9.21. The first kappa shape index (κ1) is 19.3. The Bertz CT molecular complexity index is 1180. The van der Waals surface area contributed by atoms with Gasteiger partial charge in [-0.2, -0.15) is 0 Å². The molecule has 1 aromatic heterocycles. The maximum Gasteiger partial charge on any atom is 0.254 e. The second kappa shape index (κ2) is 7.44. The van der Waals surface area contributed by atoms with E-state index in [0.29, 0.717) is 30.0 Å². The van der Waals surface area contributed by atoms with E-state index in [9.17, 15) is 13.2 Å². The molecule has 3 aromatic rings. The van der Waals surface area contributed by atoms with Crippen LogP contribution in [0.2, 0.25) is 0 Å². The van der Waals surface area contributed by atoms with Crippen molar-refractivity contribution in [3.63, 3.8) is 0 Å². The SMILES string of the molecule is Cc1nc(CN(C)C(=O)c2ccc(N3CCCS3(=O)=O)cc2)nc2ccccc12. The van der Waals surface area contributed by atoms with E-state index in [2.05, 4.69) is 9.97 Å². The van der Waals surface area contributed by atoms with Crippen molar-refractivity contribution in [3.8, 4) is 0 Å². The molecule has 0 N–H and O–H groups in total. The third kappa shape index (κ3) is 3.80. The molecule has 1 saturated heterocycles. The zero-order valence-corrected chi connectivity index (χ0v) is 17.2. The predicted octanol–water partition coefficient (Wildman–Crippen LogP) is 2.75. The number of aryl methyl sites for hydroxylation is 1. The van der Waals surface area contributed by atoms with Gasteiger partial charge in [0.05, 0.1) is 23.5 Å². The van der Waals surface area contributed by atoms with Gasteiger partial charge in [-0.1, -0.05) is 18.2 Å². The molecule has 0 unspecified atom stereocenters. The van der Waals surface area contributed by atoms with Crippen molar-refractivity contribution < 1.29 is 13.2 Å². The maximum atomic E-state index is 12.8. The van der Waals surface area contributed by atoms with Gasteiger partial charge in [-0.25, -0.2) is 18.4 Å². The van der Waals surface area contributed by atoms with Crippen molar-refractivity contribution in [1.82, 2.24) is 14.9 Å². The summed E-state index contributed by atoms with van der Waals surface area (Å²) in [5.41, 5.74) is 2.81. The van der Waals surface area contributed by atoms with Gasteiger partial charge >= 0.3 is 0 Å². The van der Waals surface area contributed by atoms with Crippen LogP contribution in [0.5, 0.6) is 0 Å². The number of hydrogen-bond donors (Lipinski definition) is 0. The second-order valence-electron chi connectivity index (χ2n) is 7.19. The van der Waals surface area contributed by atoms with E-state index in [1.165, 1.54) is 4.31 Å². The van der Waals surface area contributed by atoms with Crippen molar-refractivity contribution in [1.29, 1.82) is 0 Å². The summed E-state index contributed by atoms with van der Waals surface area (Å²) in [6, 6.07) is 14.5. The van der Waals surface area contributed by atoms with Crippen molar-refractivity contribution in [2.75, 3.05) is 23.7 Å². The maximum absolute atomic E-state index is 12.8. The Balaban J connectivity index is 1.51. The Morgan fingerprint density at radius 1 is 1.10 bits per heavy atom. The molecule has 0 aliphatic carbocycles. The average molecular weight is 410 g/mol. The van der Waals surface area contributed by atoms with E-state index < -0.39 is 10.0 Å². The van der Waals surface area contributed by atoms with Gasteiger partial charge in [0.15, 0.2) is 0 Å². The highest BCUT2D eigenvalue weighted by molar-refractivity contribution is 7.93. The number of amides is 1. The topological polar surface area (TPSA) is 83.5 Å². The van der Waals surface area contributed by atoms with Crippen LogP contribution in [-0.4, -0.2) is 48.5 Å². The molecule has 0 radical (unpaired) electrons. The summed E-state index contributed by atoms with van der Waals surface area (Å²) in [6.07, 6.45) is 0.622. The van der Waals surface area contributed by atoms with Crippen LogP contribution in [0.25, 0.3) is 10.9 Å². The number of rotatable bonds is 4. The summed E-state index contributed by atoms with van der Waals surface area (Å²) in [4.78, 5) is 23.4. The fourth-order valence-corrected chi connectivity index (χ4v) is 5.13. The van der Waals surface area contributed by atoms with E-state index in [-0.39, 0.29) is 18.2 Å². The van der Waals surface area contributed by atoms with Gasteiger partial charge < -0.3 is 4.90 Å². The molecule has 1 fully saturated rings. The van der Waals surface area contributed by atoms with Crippen LogP contribution in [0.1, 0.15) is 28.3 Å². The minimum absolute atomic E-state index is 0.168. The first-order valence-electron chi connectivity index (χ1n) is 9.43. The highest BCUT2D eigenvalue weighted by Crippen LogP contribution is 2.24. The van der Waals surface area contributed by atoms with Crippen LogP contribution in [0, 0.1) is 6.92 Å². The third-order valence-corrected chi connectivity index (χ3v) is 6.94. The zero-order valence-electron chi connectivity index (χ0n) is 16.4. The summed E-state index contributed by atoms with van der Waals surface area (Å²) in [5, 5.41) is 0.998. The molecule has 2 aromatic carbocycles. The average Bonchev–Trinajstić information content (AvgIpc) is 3.06. The van der Waals surface area contributed by atoms with Crippen LogP contribution in [0.4, 0.5) is 5.69 Å². The molecule has 150 valence electrons. The molecule has 1 aliphatic rings. The minimum atomic E-state index is -3.23. The highest BCUT2D eigenvalue weighted by atomic mass is 32.2. The third-order valence-electron chi connectivity index (χ3n) is 5.07. The number of fused-ring (bicyclic) bond motifs is 1. The molecule has 8 heteroatoms. The van der Waals surface area contributed by atoms with Crippen LogP contribution < -0.4 is 4.31 Å². The highest BCUT2D eigenvalue weighted by Gasteiger charge is 2.28. The first-order valence-corrected chi connectivity index (χ1v) is 11.0. The Labute approximate surface area is 170 Å². The van der Waals surface area contributed by atoms with Crippen molar-refractivity contribution in [2.45, 2.75) is 19.9 Å². The van der Waals surface area contributed by atoms with Crippen molar-refractivity contribution >= 4 is 32.5 Å². The molecule has 7 nitrogen and oxygen atoms in total. The lowest BCUT2D eigenvalue weighted by atomic mass is 10.1. The Kier molecular flexibility index (Phi) is 4.96. The van der Waals surface area contributed by atoms with Gasteiger partial charge in [0.2, 0.25) is 10.0 Å². The van der Waals surface area contributed by atoms with E-state index in [1.54, 1.807) is 36.2 Å². The lowest BCUT2D eigenvalue weighted by Crippen LogP contribution is -2.28. The zero-order chi connectivity index (χ0) is 20.6. The van der Waals surface area contributed by atoms with Gasteiger partial charge in [0, 0.05) is 30.2 Å². The van der Waals surface area contributed by atoms with E-state index in [1.807, 2.05) is 31.2 Å². The van der Waals surface area contributed by atoms with Crippen LogP contribution in [-0.2, 0) is 16.6 Å². The van der Waals surface area contributed by atoms with E-state index >= 15 is 0 Å². The quantitative estimate of drug-likeness (QED) is 0.660. The van der Waals surface area contributed by atoms with Crippen LogP contribution in [0.3, 0.4) is 0 Å². The summed E-state index contributed by atoms with van der Waals surface area (Å²) >= 11 is 0. The number of nitrogens with zero attached hydrogens (tertiary/aromatic N) is 4. The summed E-state index contributed by atoms with van der Waals surface area (Å²) in [6.45, 7) is 2.70. The normalized spacial score (nSPS) is 15.6. The number of sulfonamides is 1. The number of hydrogen-bond acceptors (Lipinski definition) is 5. The summed E-state index contributed by atoms with van der Waals surface area (Å²) < 4.78 is 25.5. The smallest absolute Gasteiger partial charge is 0.254 e. The van der Waals surface area contributed by atoms with Gasteiger partial charge in [-0.15, -0.1) is 0 Å². The standard InChI is InChI=1S/C21H22N4O3S/c1-15-18-6-3-4-7-19(18)23-20(22-15)14-24(2)21(26)16-8-10-17(11-9-16)25-12-5-13-29(25,27)28/h3-4,6-11H,5,12-14H2,1-2H3. The van der Waals surface area contributed by atoms with Crippen LogP contribution >= 0.6 is 0 Å². The molecule has 0 saturated carbocycles. The van der Waals surface area contributed by atoms with E-state index in [0.717, 1.165) is 16.6 Å². The van der Waals surface area contributed by atoms with Crippen molar-refractivity contribution in [3.05, 3.63) is 65.6 Å². The number of carbonyl (C=O) groups is 1. The Morgan fingerprint density at radius 3 is 2.52 bits per heavy atom. The van der Waals surface area contributed by atoms with Gasteiger partial charge in [0.1, 0.15) is 5.82 Å². The van der Waals surface area contributed by atoms with Crippen molar-refractivity contribution in [2.24, 2.45) is 0 Å². The number of benzene rings is 2. The van der Waals surface area contributed by atoms with Gasteiger partial charge in [0.25, 0.3) is 5.91 Å². The minimum Gasteiger partial charge on any atom is -0.334 e. The molecule has 0 atom stereocenters. The predicted molar refractivity (Wildman–Crippen MR) is 112 cm³/mol. The number of para-hydroxylation sites is 1. The molecular weight excluding hydrogens is 388 g/mol. The van der Waals surface area contributed by atoms with Gasteiger partial charge in [-0.05, 0) is 43.7 Å². The number of anilines is 1. The fraction of sp³-hybridized carbons (Fsp3) is 0.286. The summed E-state index contributed by atoms with van der Waals surface area (Å²) in [5.74, 6) is 0.578. The Morgan fingerprint density at radius 2 is 1.83 bits per heavy atom.